The lowest BCUT2D eigenvalue weighted by atomic mass is 10.1. The highest BCUT2D eigenvalue weighted by atomic mass is 35.5. The summed E-state index contributed by atoms with van der Waals surface area (Å²) in [5, 5.41) is 3.77. The second-order valence-corrected chi connectivity index (χ2v) is 13.7. The first-order valence-electron chi connectivity index (χ1n) is 12.1. The van der Waals surface area contributed by atoms with Crippen LogP contribution in [0.25, 0.3) is 21.1 Å². The molecule has 3 N–H and O–H groups in total. The first-order valence-corrected chi connectivity index (χ1v) is 14.4. The minimum absolute atomic E-state index is 0. The van der Waals surface area contributed by atoms with Gasteiger partial charge < -0.3 is 20.5 Å². The lowest BCUT2D eigenvalue weighted by Crippen LogP contribution is -2.37. The van der Waals surface area contributed by atoms with E-state index in [1.807, 2.05) is 32.0 Å². The maximum absolute atomic E-state index is 13.6. The van der Waals surface area contributed by atoms with Gasteiger partial charge in [-0.2, -0.15) is 0 Å². The molecule has 0 spiro atoms. The van der Waals surface area contributed by atoms with Gasteiger partial charge in [0.25, 0.3) is 0 Å². The molecule has 14 heteroatoms. The van der Waals surface area contributed by atoms with Crippen molar-refractivity contribution in [3.63, 3.8) is 0 Å². The Bertz CT molecular complexity index is 1590. The van der Waals surface area contributed by atoms with Gasteiger partial charge in [-0.15, -0.1) is 36.2 Å². The monoisotopic (exact) mass is 629 g/mol. The molecule has 218 valence electrons. The number of nitrogens with one attached hydrogen (secondary N) is 1. The van der Waals surface area contributed by atoms with Gasteiger partial charge >= 0.3 is 5.97 Å². The summed E-state index contributed by atoms with van der Waals surface area (Å²) in [7, 11) is -3.83. The van der Waals surface area contributed by atoms with E-state index in [0.29, 0.717) is 16.7 Å². The fraction of sp³-hybridized carbons (Fsp3) is 0.385. The first-order chi connectivity index (χ1) is 17.9. The standard InChI is InChI=1S/C26H31N5O5S2.2ClH/c1-15(2)23(27)25(32)36-9-8-35-20-12-18-17(11-22(20)38(33,34)26(3,4)5)24(29-13-28-18)31-16-6-7-21-19(10-16)30-14-37-21;;/h6-7,10-15,23H,8-9,27H2,1-5H3,(H,28,29,31);2*1H/t23-;;/m0../s1. The maximum Gasteiger partial charge on any atom is 0.323 e. The number of hydrogen-bond donors (Lipinski definition) is 2. The number of carbonyl (C=O) groups is 1. The van der Waals surface area contributed by atoms with E-state index in [-0.39, 0.29) is 54.6 Å². The molecule has 10 nitrogen and oxygen atoms in total. The summed E-state index contributed by atoms with van der Waals surface area (Å²) < 4.78 is 38.1. The van der Waals surface area contributed by atoms with Gasteiger partial charge in [0.2, 0.25) is 0 Å². The fourth-order valence-electron chi connectivity index (χ4n) is 3.55. The van der Waals surface area contributed by atoms with Gasteiger partial charge in [-0.05, 0) is 51.0 Å². The van der Waals surface area contributed by atoms with Crippen molar-refractivity contribution < 1.29 is 22.7 Å². The number of nitrogens with two attached hydrogens (primary N) is 1. The van der Waals surface area contributed by atoms with E-state index in [0.717, 1.165) is 15.9 Å². The van der Waals surface area contributed by atoms with Crippen molar-refractivity contribution in [1.29, 1.82) is 0 Å². The predicted molar refractivity (Wildman–Crippen MR) is 163 cm³/mol. The lowest BCUT2D eigenvalue weighted by Gasteiger charge is -2.22. The Hall–Kier alpha value is -2.77. The van der Waals surface area contributed by atoms with E-state index in [4.69, 9.17) is 15.2 Å². The number of aromatic nitrogens is 3. The highest BCUT2D eigenvalue weighted by molar-refractivity contribution is 7.92. The van der Waals surface area contributed by atoms with Crippen LogP contribution in [0.5, 0.6) is 5.75 Å². The molecule has 0 fully saturated rings. The third-order valence-corrected chi connectivity index (χ3v) is 9.29. The van der Waals surface area contributed by atoms with E-state index in [9.17, 15) is 13.2 Å². The molecule has 0 amide bonds. The Kier molecular flexibility index (Phi) is 11.1. The average Bonchev–Trinajstić information content (AvgIpc) is 3.33. The lowest BCUT2D eigenvalue weighted by molar-refractivity contribution is -0.147. The van der Waals surface area contributed by atoms with E-state index < -0.39 is 26.6 Å². The van der Waals surface area contributed by atoms with Crippen LogP contribution in [0.2, 0.25) is 0 Å². The second kappa shape index (κ2) is 13.3. The highest BCUT2D eigenvalue weighted by Crippen LogP contribution is 2.37. The normalized spacial score (nSPS) is 12.5. The quantitative estimate of drug-likeness (QED) is 0.184. The Morgan fingerprint density at radius 2 is 1.77 bits per heavy atom. The number of nitrogens with zero attached hydrogens (tertiary/aromatic N) is 3. The van der Waals surface area contributed by atoms with Crippen LogP contribution in [0.1, 0.15) is 34.6 Å². The molecule has 0 saturated heterocycles. The van der Waals surface area contributed by atoms with Gasteiger partial charge in [0.15, 0.2) is 9.84 Å². The SMILES string of the molecule is CC(C)[C@H](N)C(=O)OCCOc1cc2ncnc(Nc3ccc4scnc4c3)c2cc1S(=O)(=O)C(C)(C)C.Cl.Cl. The van der Waals surface area contributed by atoms with E-state index >= 15 is 0 Å². The van der Waals surface area contributed by atoms with Crippen molar-refractivity contribution in [1.82, 2.24) is 15.0 Å². The summed E-state index contributed by atoms with van der Waals surface area (Å²) >= 11 is 1.55. The zero-order chi connectivity index (χ0) is 27.7. The van der Waals surface area contributed by atoms with E-state index in [1.165, 1.54) is 12.4 Å². The molecule has 2 heterocycles. The number of thiazole rings is 1. The summed E-state index contributed by atoms with van der Waals surface area (Å²) in [4.78, 5) is 25.1. The zero-order valence-corrected chi connectivity index (χ0v) is 26.0. The first kappa shape index (κ1) is 33.4. The third-order valence-electron chi connectivity index (χ3n) is 5.97. The van der Waals surface area contributed by atoms with Crippen LogP contribution in [0.3, 0.4) is 0 Å². The van der Waals surface area contributed by atoms with Crippen LogP contribution in [0.4, 0.5) is 11.5 Å². The third kappa shape index (κ3) is 7.10. The number of ether oxygens (including phenoxy) is 2. The van der Waals surface area contributed by atoms with Crippen LogP contribution in [0, 0.1) is 5.92 Å². The van der Waals surface area contributed by atoms with Crippen LogP contribution >= 0.6 is 36.2 Å². The molecule has 2 aromatic heterocycles. The Morgan fingerprint density at radius 1 is 1.05 bits per heavy atom. The Morgan fingerprint density at radius 3 is 2.45 bits per heavy atom. The fourth-order valence-corrected chi connectivity index (χ4v) is 5.53. The van der Waals surface area contributed by atoms with E-state index in [2.05, 4.69) is 20.3 Å². The van der Waals surface area contributed by atoms with Crippen LogP contribution < -0.4 is 15.8 Å². The molecule has 2 aromatic carbocycles. The van der Waals surface area contributed by atoms with Gasteiger partial charge in [0.1, 0.15) is 42.0 Å². The molecule has 0 aliphatic heterocycles. The molecule has 0 saturated carbocycles. The molecule has 4 aromatic rings. The molecule has 0 aliphatic carbocycles. The number of rotatable bonds is 9. The largest absolute Gasteiger partial charge is 0.489 e. The number of halogens is 2. The van der Waals surface area contributed by atoms with Crippen LogP contribution in [-0.2, 0) is 19.4 Å². The number of fused-ring (bicyclic) bond motifs is 2. The van der Waals surface area contributed by atoms with Crippen molar-refractivity contribution in [3.8, 4) is 5.75 Å². The molecule has 0 unspecified atom stereocenters. The summed E-state index contributed by atoms with van der Waals surface area (Å²) in [5.74, 6) is -0.0504. The Labute approximate surface area is 249 Å². The molecule has 1 atom stereocenters. The van der Waals surface area contributed by atoms with Gasteiger partial charge in [0, 0.05) is 17.1 Å². The number of sulfone groups is 1. The second-order valence-electron chi connectivity index (χ2n) is 10.1. The van der Waals surface area contributed by atoms with Crippen molar-refractivity contribution in [3.05, 3.63) is 42.2 Å². The molecule has 4 rings (SSSR count). The number of hydrogen-bond acceptors (Lipinski definition) is 11. The molecule has 40 heavy (non-hydrogen) atoms. The van der Waals surface area contributed by atoms with Crippen molar-refractivity contribution >= 4 is 84.6 Å². The number of carbonyl (C=O) groups excluding carboxylic acids is 1. The minimum atomic E-state index is -3.83. The number of esters is 1. The van der Waals surface area contributed by atoms with Crippen LogP contribution in [-0.4, -0.2) is 53.3 Å². The highest BCUT2D eigenvalue weighted by Gasteiger charge is 2.34. The molecule has 0 aliphatic rings. The average molecular weight is 631 g/mol. The summed E-state index contributed by atoms with van der Waals surface area (Å²) in [5.41, 5.74) is 9.68. The van der Waals surface area contributed by atoms with Gasteiger partial charge in [-0.25, -0.2) is 23.4 Å². The molecule has 0 radical (unpaired) electrons. The topological polar surface area (TPSA) is 146 Å². The Balaban J connectivity index is 0.00000280. The molecule has 0 bridgehead atoms. The van der Waals surface area contributed by atoms with Gasteiger partial charge in [-0.3, -0.25) is 4.79 Å². The van der Waals surface area contributed by atoms with Crippen LogP contribution in [0.15, 0.2) is 47.1 Å². The zero-order valence-electron chi connectivity index (χ0n) is 22.7. The number of anilines is 2. The van der Waals surface area contributed by atoms with E-state index in [1.54, 1.807) is 43.7 Å². The predicted octanol–water partition coefficient (Wildman–Crippen LogP) is 5.30. The molecular formula is C26H33Cl2N5O5S2. The van der Waals surface area contributed by atoms with Crippen molar-refractivity contribution in [2.45, 2.75) is 50.3 Å². The summed E-state index contributed by atoms with van der Waals surface area (Å²) in [6.07, 6.45) is 1.39. The maximum atomic E-state index is 13.6. The molecular weight excluding hydrogens is 597 g/mol. The van der Waals surface area contributed by atoms with Crippen molar-refractivity contribution in [2.75, 3.05) is 18.5 Å². The van der Waals surface area contributed by atoms with Gasteiger partial charge in [0.05, 0.1) is 26.0 Å². The van der Waals surface area contributed by atoms with Gasteiger partial charge in [-0.1, -0.05) is 13.8 Å². The number of benzene rings is 2. The smallest absolute Gasteiger partial charge is 0.323 e. The van der Waals surface area contributed by atoms with Crippen molar-refractivity contribution in [2.24, 2.45) is 11.7 Å². The minimum Gasteiger partial charge on any atom is -0.489 e. The summed E-state index contributed by atoms with van der Waals surface area (Å²) in [6.45, 7) is 8.37. The summed E-state index contributed by atoms with van der Waals surface area (Å²) in [6, 6.07) is 8.11.